The molecule has 100 valence electrons. The van der Waals surface area contributed by atoms with Crippen molar-refractivity contribution in [2.24, 2.45) is 0 Å². The molecular formula is C13H15N3O3. The number of carbonyl (C=O) groups is 1. The summed E-state index contributed by atoms with van der Waals surface area (Å²) in [6.07, 6.45) is 1.53. The van der Waals surface area contributed by atoms with Gasteiger partial charge in [-0.3, -0.25) is 4.57 Å². The molecule has 0 spiro atoms. The number of hydrogen-bond acceptors (Lipinski definition) is 4. The molecule has 0 radical (unpaired) electrons. The predicted octanol–water partition coefficient (Wildman–Crippen LogP) is 1.41. The number of aliphatic hydroxyl groups is 1. The van der Waals surface area contributed by atoms with Gasteiger partial charge >= 0.3 is 5.97 Å². The predicted molar refractivity (Wildman–Crippen MR) is 68.2 cm³/mol. The third-order valence-corrected chi connectivity index (χ3v) is 2.79. The van der Waals surface area contributed by atoms with Crippen molar-refractivity contribution in [3.8, 4) is 5.69 Å². The Morgan fingerprint density at radius 3 is 2.58 bits per heavy atom. The van der Waals surface area contributed by atoms with Gasteiger partial charge in [0.1, 0.15) is 12.4 Å². The highest BCUT2D eigenvalue weighted by Gasteiger charge is 2.17. The van der Waals surface area contributed by atoms with E-state index in [4.69, 9.17) is 0 Å². The number of carboxylic acids is 1. The van der Waals surface area contributed by atoms with Gasteiger partial charge in [-0.15, -0.1) is 10.2 Å². The molecule has 2 aromatic rings. The zero-order valence-corrected chi connectivity index (χ0v) is 10.6. The molecule has 6 heteroatoms. The number of rotatable bonds is 5. The first kappa shape index (κ1) is 13.2. The summed E-state index contributed by atoms with van der Waals surface area (Å²) in [7, 11) is 0. The fraction of sp³-hybridized carbons (Fsp3) is 0.308. The summed E-state index contributed by atoms with van der Waals surface area (Å²) in [5.41, 5.74) is 0.641. The van der Waals surface area contributed by atoms with Gasteiger partial charge in [-0.25, -0.2) is 4.79 Å². The van der Waals surface area contributed by atoms with E-state index in [1.807, 2.05) is 6.92 Å². The molecule has 19 heavy (non-hydrogen) atoms. The fourth-order valence-corrected chi connectivity index (χ4v) is 1.97. The van der Waals surface area contributed by atoms with Crippen LogP contribution in [0.1, 0.15) is 35.4 Å². The van der Waals surface area contributed by atoms with Crippen molar-refractivity contribution in [3.05, 3.63) is 41.5 Å². The quantitative estimate of drug-likeness (QED) is 0.849. The van der Waals surface area contributed by atoms with Gasteiger partial charge in [-0.05, 0) is 18.6 Å². The second kappa shape index (κ2) is 5.62. The number of aliphatic hydroxyl groups excluding tert-OH is 1. The molecule has 0 aliphatic rings. The second-order valence-electron chi connectivity index (χ2n) is 4.10. The minimum Gasteiger partial charge on any atom is -0.478 e. The first-order valence-corrected chi connectivity index (χ1v) is 6.05. The van der Waals surface area contributed by atoms with Gasteiger partial charge in [0.15, 0.2) is 5.82 Å². The highest BCUT2D eigenvalue weighted by Crippen LogP contribution is 2.19. The van der Waals surface area contributed by atoms with Gasteiger partial charge in [0.2, 0.25) is 0 Å². The maximum Gasteiger partial charge on any atom is 0.337 e. The lowest BCUT2D eigenvalue weighted by atomic mass is 10.1. The smallest absolute Gasteiger partial charge is 0.337 e. The molecule has 0 saturated heterocycles. The van der Waals surface area contributed by atoms with Crippen LogP contribution in [-0.2, 0) is 13.0 Å². The van der Waals surface area contributed by atoms with Crippen LogP contribution in [0.4, 0.5) is 0 Å². The minimum absolute atomic E-state index is 0.161. The largest absolute Gasteiger partial charge is 0.478 e. The third-order valence-electron chi connectivity index (χ3n) is 2.79. The topological polar surface area (TPSA) is 88.2 Å². The Kier molecular flexibility index (Phi) is 3.91. The number of nitrogens with zero attached hydrogens (tertiary/aromatic N) is 3. The lowest BCUT2D eigenvalue weighted by Crippen LogP contribution is -2.11. The first-order valence-electron chi connectivity index (χ1n) is 6.05. The Balaban J connectivity index is 2.63. The van der Waals surface area contributed by atoms with E-state index < -0.39 is 5.97 Å². The highest BCUT2D eigenvalue weighted by atomic mass is 16.4. The number of aromatic nitrogens is 3. The Morgan fingerprint density at radius 1 is 1.26 bits per heavy atom. The molecule has 6 nitrogen and oxygen atoms in total. The molecule has 0 saturated carbocycles. The van der Waals surface area contributed by atoms with Crippen molar-refractivity contribution in [3.63, 3.8) is 0 Å². The Morgan fingerprint density at radius 2 is 1.95 bits per heavy atom. The van der Waals surface area contributed by atoms with E-state index in [0.29, 0.717) is 23.8 Å². The summed E-state index contributed by atoms with van der Waals surface area (Å²) in [4.78, 5) is 11.3. The summed E-state index contributed by atoms with van der Waals surface area (Å²) >= 11 is 0. The monoisotopic (exact) mass is 261 g/mol. The van der Waals surface area contributed by atoms with Crippen LogP contribution in [0.25, 0.3) is 5.69 Å². The van der Waals surface area contributed by atoms with Crippen molar-refractivity contribution in [1.82, 2.24) is 14.8 Å². The van der Waals surface area contributed by atoms with Crippen LogP contribution in [0.2, 0.25) is 0 Å². The average molecular weight is 261 g/mol. The van der Waals surface area contributed by atoms with E-state index in [0.717, 1.165) is 6.42 Å². The lowest BCUT2D eigenvalue weighted by Gasteiger charge is -2.11. The van der Waals surface area contributed by atoms with E-state index in [1.165, 1.54) is 6.07 Å². The zero-order valence-electron chi connectivity index (χ0n) is 10.6. The number of aryl methyl sites for hydroxylation is 1. The van der Waals surface area contributed by atoms with E-state index in [9.17, 15) is 15.0 Å². The molecule has 0 bridgehead atoms. The van der Waals surface area contributed by atoms with Gasteiger partial charge in [0, 0.05) is 6.42 Å². The Bertz CT molecular complexity index is 593. The summed E-state index contributed by atoms with van der Waals surface area (Å²) in [5, 5.41) is 26.5. The van der Waals surface area contributed by atoms with E-state index in [1.54, 1.807) is 22.8 Å². The Hall–Kier alpha value is -2.21. The van der Waals surface area contributed by atoms with Crippen LogP contribution in [0.15, 0.2) is 24.3 Å². The Labute approximate surface area is 110 Å². The van der Waals surface area contributed by atoms with Crippen molar-refractivity contribution in [1.29, 1.82) is 0 Å². The van der Waals surface area contributed by atoms with Gasteiger partial charge in [-0.1, -0.05) is 19.1 Å². The molecule has 0 amide bonds. The van der Waals surface area contributed by atoms with Crippen molar-refractivity contribution in [2.75, 3.05) is 0 Å². The van der Waals surface area contributed by atoms with Crippen molar-refractivity contribution in [2.45, 2.75) is 26.4 Å². The molecule has 0 unspecified atom stereocenters. The van der Waals surface area contributed by atoms with Crippen LogP contribution in [-0.4, -0.2) is 30.9 Å². The summed E-state index contributed by atoms with van der Waals surface area (Å²) in [6, 6.07) is 6.62. The normalized spacial score (nSPS) is 10.6. The number of aromatic carboxylic acids is 1. The fourth-order valence-electron chi connectivity index (χ4n) is 1.97. The van der Waals surface area contributed by atoms with Crippen LogP contribution in [0.5, 0.6) is 0 Å². The average Bonchev–Trinajstić information content (AvgIpc) is 2.82. The molecule has 0 aliphatic heterocycles. The molecule has 0 fully saturated rings. The summed E-state index contributed by atoms with van der Waals surface area (Å²) in [5.74, 6) is -0.0203. The maximum absolute atomic E-state index is 11.3. The molecule has 2 N–H and O–H groups in total. The van der Waals surface area contributed by atoms with Crippen molar-refractivity contribution >= 4 is 5.97 Å². The SMILES string of the molecule is CCCc1nnc(CO)n1-c1ccccc1C(=O)O. The van der Waals surface area contributed by atoms with Gasteiger partial charge in [-0.2, -0.15) is 0 Å². The minimum atomic E-state index is -1.02. The van der Waals surface area contributed by atoms with Gasteiger partial charge < -0.3 is 10.2 Å². The molecule has 1 aromatic carbocycles. The lowest BCUT2D eigenvalue weighted by molar-refractivity contribution is 0.0697. The second-order valence-corrected chi connectivity index (χ2v) is 4.10. The standard InChI is InChI=1S/C13H15N3O3/c1-2-5-11-14-15-12(8-17)16(11)10-7-4-3-6-9(10)13(18)19/h3-4,6-7,17H,2,5,8H2,1H3,(H,18,19). The number of benzene rings is 1. The number of carboxylic acid groups (broad SMARTS) is 1. The van der Waals surface area contributed by atoms with Gasteiger partial charge in [0.05, 0.1) is 11.3 Å². The van der Waals surface area contributed by atoms with Crippen LogP contribution in [0, 0.1) is 0 Å². The molecule has 2 rings (SSSR count). The molecule has 1 aromatic heterocycles. The highest BCUT2D eigenvalue weighted by molar-refractivity contribution is 5.92. The molecule has 1 heterocycles. The molecular weight excluding hydrogens is 246 g/mol. The van der Waals surface area contributed by atoms with Crippen LogP contribution < -0.4 is 0 Å². The zero-order chi connectivity index (χ0) is 13.8. The first-order chi connectivity index (χ1) is 9.19. The van der Waals surface area contributed by atoms with Gasteiger partial charge in [0.25, 0.3) is 0 Å². The number of hydrogen-bond donors (Lipinski definition) is 2. The van der Waals surface area contributed by atoms with Crippen LogP contribution >= 0.6 is 0 Å². The molecule has 0 aliphatic carbocycles. The number of para-hydroxylation sites is 1. The molecule has 0 atom stereocenters. The van der Waals surface area contributed by atoms with E-state index in [-0.39, 0.29) is 12.2 Å². The maximum atomic E-state index is 11.3. The summed E-state index contributed by atoms with van der Waals surface area (Å²) in [6.45, 7) is 1.71. The third kappa shape index (κ3) is 2.48. The van der Waals surface area contributed by atoms with Crippen molar-refractivity contribution < 1.29 is 15.0 Å². The summed E-state index contributed by atoms with van der Waals surface area (Å²) < 4.78 is 1.62. The van der Waals surface area contributed by atoms with E-state index >= 15 is 0 Å². The van der Waals surface area contributed by atoms with E-state index in [2.05, 4.69) is 10.2 Å². The van der Waals surface area contributed by atoms with Crippen LogP contribution in [0.3, 0.4) is 0 Å².